The van der Waals surface area contributed by atoms with E-state index in [1.807, 2.05) is 11.5 Å². The number of fused-ring (bicyclic) bond motifs is 1. The molecule has 28 heavy (non-hydrogen) atoms. The second-order valence-corrected chi connectivity index (χ2v) is 7.14. The fraction of sp³-hybridized carbons (Fsp3) is 0.263. The van der Waals surface area contributed by atoms with Crippen LogP contribution in [0.5, 0.6) is 0 Å². The first-order chi connectivity index (χ1) is 13.5. The van der Waals surface area contributed by atoms with Gasteiger partial charge in [-0.05, 0) is 36.8 Å². The van der Waals surface area contributed by atoms with Crippen molar-refractivity contribution in [2.45, 2.75) is 37.0 Å². The van der Waals surface area contributed by atoms with Crippen molar-refractivity contribution in [3.8, 4) is 11.5 Å². The van der Waals surface area contributed by atoms with Crippen LogP contribution in [0.1, 0.15) is 24.6 Å². The molecule has 0 N–H and O–H groups in total. The molecule has 0 saturated heterocycles. The Balaban J connectivity index is 1.60. The highest BCUT2D eigenvalue weighted by Gasteiger charge is 2.31. The summed E-state index contributed by atoms with van der Waals surface area (Å²) in [6, 6.07) is 8.95. The maximum absolute atomic E-state index is 13.1. The first-order valence-corrected chi connectivity index (χ1v) is 9.64. The first-order valence-electron chi connectivity index (χ1n) is 8.65. The van der Waals surface area contributed by atoms with E-state index in [9.17, 15) is 13.2 Å². The summed E-state index contributed by atoms with van der Waals surface area (Å²) in [5.41, 5.74) is 1.05. The largest absolute Gasteiger partial charge is 0.461 e. The van der Waals surface area contributed by atoms with Crippen molar-refractivity contribution < 1.29 is 22.1 Å². The SMILES string of the molecule is CCCn1c(SCc2cc(-c3ccco3)on2)nc2ccc(C(F)(F)F)cc21. The molecule has 0 unspecified atom stereocenters. The van der Waals surface area contributed by atoms with Crippen LogP contribution in [0.2, 0.25) is 0 Å². The topological polar surface area (TPSA) is 57.0 Å². The summed E-state index contributed by atoms with van der Waals surface area (Å²) in [6.07, 6.45) is -2.05. The van der Waals surface area contributed by atoms with Gasteiger partial charge in [-0.3, -0.25) is 0 Å². The number of thioether (sulfide) groups is 1. The van der Waals surface area contributed by atoms with E-state index in [-0.39, 0.29) is 0 Å². The Bertz CT molecular complexity index is 1080. The monoisotopic (exact) mass is 407 g/mol. The van der Waals surface area contributed by atoms with E-state index >= 15 is 0 Å². The van der Waals surface area contributed by atoms with Crippen LogP contribution in [0.4, 0.5) is 13.2 Å². The highest BCUT2D eigenvalue weighted by molar-refractivity contribution is 7.98. The molecule has 4 aromatic rings. The molecule has 5 nitrogen and oxygen atoms in total. The van der Waals surface area contributed by atoms with Crippen molar-refractivity contribution in [2.75, 3.05) is 0 Å². The van der Waals surface area contributed by atoms with Gasteiger partial charge in [0, 0.05) is 18.4 Å². The number of alkyl halides is 3. The molecule has 0 aliphatic carbocycles. The second kappa shape index (κ2) is 7.38. The molecule has 0 amide bonds. The summed E-state index contributed by atoms with van der Waals surface area (Å²) in [7, 11) is 0. The van der Waals surface area contributed by atoms with Crippen molar-refractivity contribution in [1.29, 1.82) is 0 Å². The quantitative estimate of drug-likeness (QED) is 0.367. The van der Waals surface area contributed by atoms with Crippen LogP contribution in [0.15, 0.2) is 56.8 Å². The minimum Gasteiger partial charge on any atom is -0.461 e. The molecule has 0 fully saturated rings. The van der Waals surface area contributed by atoms with Gasteiger partial charge in [0.05, 0.1) is 28.6 Å². The van der Waals surface area contributed by atoms with Crippen LogP contribution >= 0.6 is 11.8 Å². The molecule has 9 heteroatoms. The molecule has 0 bridgehead atoms. The Hall–Kier alpha value is -2.68. The predicted octanol–water partition coefficient (Wildman–Crippen LogP) is 6.01. The van der Waals surface area contributed by atoms with Crippen LogP contribution in [-0.4, -0.2) is 14.7 Å². The number of imidazole rings is 1. The van der Waals surface area contributed by atoms with Gasteiger partial charge < -0.3 is 13.5 Å². The normalized spacial score (nSPS) is 12.1. The van der Waals surface area contributed by atoms with Gasteiger partial charge in [-0.25, -0.2) is 4.98 Å². The number of aromatic nitrogens is 3. The summed E-state index contributed by atoms with van der Waals surface area (Å²) in [6.45, 7) is 2.55. The lowest BCUT2D eigenvalue weighted by Crippen LogP contribution is -2.05. The summed E-state index contributed by atoms with van der Waals surface area (Å²) in [5.74, 6) is 1.59. The third-order valence-corrected chi connectivity index (χ3v) is 5.17. The van der Waals surface area contributed by atoms with Crippen LogP contribution in [0.3, 0.4) is 0 Å². The van der Waals surface area contributed by atoms with E-state index < -0.39 is 11.7 Å². The van der Waals surface area contributed by atoms with Crippen molar-refractivity contribution in [3.05, 3.63) is 53.9 Å². The van der Waals surface area contributed by atoms with Crippen LogP contribution in [-0.2, 0) is 18.5 Å². The average Bonchev–Trinajstić information content (AvgIpc) is 3.39. The third-order valence-electron chi connectivity index (χ3n) is 4.16. The number of hydrogen-bond donors (Lipinski definition) is 0. The zero-order valence-electron chi connectivity index (χ0n) is 14.9. The minimum atomic E-state index is -4.38. The van der Waals surface area contributed by atoms with Crippen molar-refractivity contribution in [1.82, 2.24) is 14.7 Å². The van der Waals surface area contributed by atoms with E-state index in [4.69, 9.17) is 8.94 Å². The molecule has 1 aromatic carbocycles. The lowest BCUT2D eigenvalue weighted by Gasteiger charge is -2.09. The van der Waals surface area contributed by atoms with Crippen molar-refractivity contribution in [2.24, 2.45) is 0 Å². The molecule has 3 aromatic heterocycles. The van der Waals surface area contributed by atoms with Crippen LogP contribution in [0, 0.1) is 0 Å². The number of furan rings is 1. The molecular formula is C19H16F3N3O2S. The summed E-state index contributed by atoms with van der Waals surface area (Å²) in [4.78, 5) is 4.51. The summed E-state index contributed by atoms with van der Waals surface area (Å²) in [5, 5.41) is 4.67. The molecule has 0 saturated carbocycles. The Morgan fingerprint density at radius 1 is 1.14 bits per heavy atom. The van der Waals surface area contributed by atoms with Gasteiger partial charge in [0.1, 0.15) is 0 Å². The maximum atomic E-state index is 13.1. The highest BCUT2D eigenvalue weighted by atomic mass is 32.2. The molecule has 3 heterocycles. The zero-order valence-corrected chi connectivity index (χ0v) is 15.7. The van der Waals surface area contributed by atoms with Gasteiger partial charge in [-0.15, -0.1) is 0 Å². The Morgan fingerprint density at radius 3 is 2.71 bits per heavy atom. The number of halogens is 3. The van der Waals surface area contributed by atoms with Gasteiger partial charge in [0.15, 0.2) is 10.9 Å². The first kappa shape index (κ1) is 18.7. The Kier molecular flexibility index (Phi) is 4.92. The number of aryl methyl sites for hydroxylation is 1. The standard InChI is InChI=1S/C19H16F3N3O2S/c1-2-7-25-15-9-12(19(20,21)22)5-6-14(15)23-18(25)28-11-13-10-17(27-24-13)16-4-3-8-26-16/h3-6,8-10H,2,7,11H2,1H3. The van der Waals surface area contributed by atoms with Crippen LogP contribution < -0.4 is 0 Å². The molecular weight excluding hydrogens is 391 g/mol. The van der Waals surface area contributed by atoms with Crippen molar-refractivity contribution >= 4 is 22.8 Å². The van der Waals surface area contributed by atoms with Crippen molar-refractivity contribution in [3.63, 3.8) is 0 Å². The minimum absolute atomic E-state index is 0.476. The number of hydrogen-bond acceptors (Lipinski definition) is 5. The molecule has 146 valence electrons. The highest BCUT2D eigenvalue weighted by Crippen LogP contribution is 2.34. The molecule has 0 radical (unpaired) electrons. The zero-order chi connectivity index (χ0) is 19.7. The number of nitrogens with zero attached hydrogens (tertiary/aromatic N) is 3. The number of benzene rings is 1. The predicted molar refractivity (Wildman–Crippen MR) is 98.8 cm³/mol. The van der Waals surface area contributed by atoms with Gasteiger partial charge >= 0.3 is 6.18 Å². The van der Waals surface area contributed by atoms with E-state index in [0.717, 1.165) is 18.6 Å². The summed E-state index contributed by atoms with van der Waals surface area (Å²) < 4.78 is 51.6. The smallest absolute Gasteiger partial charge is 0.416 e. The van der Waals surface area contributed by atoms with Gasteiger partial charge in [-0.2, -0.15) is 13.2 Å². The molecule has 0 spiro atoms. The molecule has 0 aliphatic rings. The Morgan fingerprint density at radius 2 is 2.00 bits per heavy atom. The van der Waals surface area contributed by atoms with E-state index in [0.29, 0.717) is 45.7 Å². The fourth-order valence-electron chi connectivity index (χ4n) is 2.88. The lowest BCUT2D eigenvalue weighted by atomic mass is 10.2. The molecule has 0 atom stereocenters. The van der Waals surface area contributed by atoms with Gasteiger partial charge in [0.2, 0.25) is 5.76 Å². The van der Waals surface area contributed by atoms with E-state index in [2.05, 4.69) is 10.1 Å². The second-order valence-electron chi connectivity index (χ2n) is 6.20. The van der Waals surface area contributed by atoms with Crippen LogP contribution in [0.25, 0.3) is 22.6 Å². The molecule has 0 aliphatic heterocycles. The number of rotatable bonds is 6. The van der Waals surface area contributed by atoms with Gasteiger partial charge in [-0.1, -0.05) is 23.8 Å². The van der Waals surface area contributed by atoms with Gasteiger partial charge in [0.25, 0.3) is 0 Å². The summed E-state index contributed by atoms with van der Waals surface area (Å²) >= 11 is 1.41. The maximum Gasteiger partial charge on any atom is 0.416 e. The lowest BCUT2D eigenvalue weighted by molar-refractivity contribution is -0.137. The fourth-order valence-corrected chi connectivity index (χ4v) is 3.80. The van der Waals surface area contributed by atoms with E-state index in [1.54, 1.807) is 24.5 Å². The third kappa shape index (κ3) is 3.66. The Labute approximate surface area is 162 Å². The van der Waals surface area contributed by atoms with E-state index in [1.165, 1.54) is 17.8 Å². The molecule has 4 rings (SSSR count). The average molecular weight is 407 g/mol.